The summed E-state index contributed by atoms with van der Waals surface area (Å²) in [6, 6.07) is 11.0. The van der Waals surface area contributed by atoms with Gasteiger partial charge in [0.25, 0.3) is 0 Å². The average molecular weight is 240 g/mol. The predicted molar refractivity (Wildman–Crippen MR) is 68.4 cm³/mol. The Morgan fingerprint density at radius 2 is 1.17 bits per heavy atom. The summed E-state index contributed by atoms with van der Waals surface area (Å²) >= 11 is 0. The van der Waals surface area contributed by atoms with Gasteiger partial charge in [-0.2, -0.15) is 0 Å². The quantitative estimate of drug-likeness (QED) is 0.691. The lowest BCUT2D eigenvalue weighted by Gasteiger charge is -2.05. The van der Waals surface area contributed by atoms with E-state index in [0.29, 0.717) is 0 Å². The number of methoxy groups -OCH3 is 2. The van der Waals surface area contributed by atoms with Crippen LogP contribution in [0, 0.1) is 0 Å². The maximum absolute atomic E-state index is 12.2. The highest BCUT2D eigenvalue weighted by atomic mass is 16.5. The molecule has 0 saturated carbocycles. The summed E-state index contributed by atoms with van der Waals surface area (Å²) in [4.78, 5) is 12.2. The van der Waals surface area contributed by atoms with Crippen molar-refractivity contribution in [3.63, 3.8) is 0 Å². The second-order valence-corrected chi connectivity index (χ2v) is 4.15. The molecule has 0 saturated heterocycles. The first kappa shape index (κ1) is 10.8. The number of fused-ring (bicyclic) bond motifs is 3. The smallest absolute Gasteiger partial charge is 0.194 e. The van der Waals surface area contributed by atoms with Gasteiger partial charge in [0, 0.05) is 11.1 Å². The van der Waals surface area contributed by atoms with E-state index in [1.165, 1.54) is 0 Å². The zero-order valence-corrected chi connectivity index (χ0v) is 10.2. The van der Waals surface area contributed by atoms with E-state index in [1.807, 2.05) is 24.3 Å². The number of carbonyl (C=O) groups excluding carboxylic acids is 1. The van der Waals surface area contributed by atoms with E-state index in [0.717, 1.165) is 33.8 Å². The Morgan fingerprint density at radius 3 is 1.56 bits per heavy atom. The van der Waals surface area contributed by atoms with Crippen molar-refractivity contribution >= 4 is 5.78 Å². The van der Waals surface area contributed by atoms with E-state index in [2.05, 4.69) is 0 Å². The molecule has 0 aromatic heterocycles. The van der Waals surface area contributed by atoms with Crippen LogP contribution < -0.4 is 9.47 Å². The van der Waals surface area contributed by atoms with Gasteiger partial charge in [-0.05, 0) is 47.5 Å². The first-order chi connectivity index (χ1) is 8.74. The summed E-state index contributed by atoms with van der Waals surface area (Å²) in [6.45, 7) is 0. The van der Waals surface area contributed by atoms with Crippen molar-refractivity contribution in [3.05, 3.63) is 47.5 Å². The fourth-order valence-electron chi connectivity index (χ4n) is 2.29. The zero-order valence-electron chi connectivity index (χ0n) is 10.2. The predicted octanol–water partition coefficient (Wildman–Crippen LogP) is 2.92. The second kappa shape index (κ2) is 3.88. The Bertz CT molecular complexity index is 589. The fourth-order valence-corrected chi connectivity index (χ4v) is 2.29. The van der Waals surface area contributed by atoms with Gasteiger partial charge < -0.3 is 9.47 Å². The molecule has 2 aromatic rings. The molecule has 1 aliphatic carbocycles. The van der Waals surface area contributed by atoms with Crippen LogP contribution in [0.15, 0.2) is 36.4 Å². The van der Waals surface area contributed by atoms with Gasteiger partial charge in [0.1, 0.15) is 11.5 Å². The largest absolute Gasteiger partial charge is 0.497 e. The summed E-state index contributed by atoms with van der Waals surface area (Å²) < 4.78 is 10.4. The van der Waals surface area contributed by atoms with E-state index in [-0.39, 0.29) is 5.78 Å². The number of carbonyl (C=O) groups is 1. The summed E-state index contributed by atoms with van der Waals surface area (Å²) in [5.41, 5.74) is 3.26. The van der Waals surface area contributed by atoms with Crippen LogP contribution in [0.5, 0.6) is 11.5 Å². The van der Waals surface area contributed by atoms with Crippen molar-refractivity contribution in [1.29, 1.82) is 0 Å². The van der Waals surface area contributed by atoms with Crippen LogP contribution in [-0.4, -0.2) is 20.0 Å². The van der Waals surface area contributed by atoms with Crippen LogP contribution >= 0.6 is 0 Å². The minimum absolute atomic E-state index is 0.0605. The third-order valence-corrected chi connectivity index (χ3v) is 3.23. The third-order valence-electron chi connectivity index (χ3n) is 3.23. The molecule has 18 heavy (non-hydrogen) atoms. The van der Waals surface area contributed by atoms with Crippen molar-refractivity contribution < 1.29 is 14.3 Å². The van der Waals surface area contributed by atoms with Gasteiger partial charge >= 0.3 is 0 Å². The molecule has 0 heterocycles. The van der Waals surface area contributed by atoms with Gasteiger partial charge in [-0.15, -0.1) is 0 Å². The molecule has 0 atom stereocenters. The molecule has 90 valence electrons. The van der Waals surface area contributed by atoms with Crippen molar-refractivity contribution in [2.24, 2.45) is 0 Å². The monoisotopic (exact) mass is 240 g/mol. The Hall–Kier alpha value is -2.29. The van der Waals surface area contributed by atoms with Crippen LogP contribution in [0.1, 0.15) is 15.9 Å². The standard InChI is InChI=1S/C15H12O3/c1-17-9-3-5-11-13(7-9)14-8-10(18-2)4-6-12(14)15(11)16/h3-8H,1-2H3. The molecule has 0 N–H and O–H groups in total. The van der Waals surface area contributed by atoms with Crippen LogP contribution in [-0.2, 0) is 0 Å². The van der Waals surface area contributed by atoms with Gasteiger partial charge in [-0.3, -0.25) is 4.79 Å². The third kappa shape index (κ3) is 1.40. The van der Waals surface area contributed by atoms with E-state index in [9.17, 15) is 4.79 Å². The maximum Gasteiger partial charge on any atom is 0.194 e. The summed E-state index contributed by atoms with van der Waals surface area (Å²) in [6.07, 6.45) is 0. The summed E-state index contributed by atoms with van der Waals surface area (Å²) in [5.74, 6) is 1.56. The molecule has 0 fully saturated rings. The molecule has 0 radical (unpaired) electrons. The molecule has 0 spiro atoms. The van der Waals surface area contributed by atoms with Crippen molar-refractivity contribution in [2.75, 3.05) is 14.2 Å². The van der Waals surface area contributed by atoms with Gasteiger partial charge in [0.15, 0.2) is 5.78 Å². The molecule has 0 aliphatic heterocycles. The Balaban J connectivity index is 2.26. The van der Waals surface area contributed by atoms with Crippen molar-refractivity contribution in [3.8, 4) is 22.6 Å². The van der Waals surface area contributed by atoms with Crippen molar-refractivity contribution in [2.45, 2.75) is 0 Å². The molecule has 3 rings (SSSR count). The molecule has 3 heteroatoms. The number of rotatable bonds is 2. The Morgan fingerprint density at radius 1 is 0.722 bits per heavy atom. The van der Waals surface area contributed by atoms with Crippen LogP contribution in [0.2, 0.25) is 0 Å². The van der Waals surface area contributed by atoms with Gasteiger partial charge in [-0.25, -0.2) is 0 Å². The first-order valence-electron chi connectivity index (χ1n) is 5.65. The fraction of sp³-hybridized carbons (Fsp3) is 0.133. The minimum atomic E-state index is 0.0605. The number of ketones is 1. The van der Waals surface area contributed by atoms with E-state index in [4.69, 9.17) is 9.47 Å². The Kier molecular flexibility index (Phi) is 2.33. The molecule has 0 unspecified atom stereocenters. The van der Waals surface area contributed by atoms with E-state index in [1.54, 1.807) is 26.4 Å². The molecular formula is C15H12O3. The Labute approximate surface area is 105 Å². The minimum Gasteiger partial charge on any atom is -0.497 e. The van der Waals surface area contributed by atoms with Gasteiger partial charge in [-0.1, -0.05) is 0 Å². The lowest BCUT2D eigenvalue weighted by Crippen LogP contribution is -1.95. The van der Waals surface area contributed by atoms with Gasteiger partial charge in [0.2, 0.25) is 0 Å². The van der Waals surface area contributed by atoms with Gasteiger partial charge in [0.05, 0.1) is 14.2 Å². The molecule has 3 nitrogen and oxygen atoms in total. The zero-order chi connectivity index (χ0) is 12.7. The average Bonchev–Trinajstić information content (AvgIpc) is 2.71. The number of hydrogen-bond acceptors (Lipinski definition) is 3. The van der Waals surface area contributed by atoms with Crippen molar-refractivity contribution in [1.82, 2.24) is 0 Å². The molecule has 1 aliphatic rings. The highest BCUT2D eigenvalue weighted by Crippen LogP contribution is 2.40. The first-order valence-corrected chi connectivity index (χ1v) is 5.65. The highest BCUT2D eigenvalue weighted by Gasteiger charge is 2.27. The summed E-state index contributed by atoms with van der Waals surface area (Å²) in [5, 5.41) is 0. The molecular weight excluding hydrogens is 228 g/mol. The SMILES string of the molecule is COc1ccc2c(c1)-c1cc(OC)ccc1C2=O. The lowest BCUT2D eigenvalue weighted by atomic mass is 10.1. The lowest BCUT2D eigenvalue weighted by molar-refractivity contribution is 0.104. The number of hydrogen-bond donors (Lipinski definition) is 0. The normalized spacial score (nSPS) is 12.0. The van der Waals surface area contributed by atoms with Crippen LogP contribution in [0.4, 0.5) is 0 Å². The summed E-state index contributed by atoms with van der Waals surface area (Å²) in [7, 11) is 3.23. The van der Waals surface area contributed by atoms with E-state index < -0.39 is 0 Å². The molecule has 2 aromatic carbocycles. The molecule has 0 amide bonds. The maximum atomic E-state index is 12.2. The van der Waals surface area contributed by atoms with Crippen LogP contribution in [0.25, 0.3) is 11.1 Å². The number of benzene rings is 2. The topological polar surface area (TPSA) is 35.5 Å². The number of ether oxygens (including phenoxy) is 2. The van der Waals surface area contributed by atoms with E-state index >= 15 is 0 Å². The highest BCUT2D eigenvalue weighted by molar-refractivity contribution is 6.21. The van der Waals surface area contributed by atoms with Crippen LogP contribution in [0.3, 0.4) is 0 Å². The molecule has 0 bridgehead atoms. The second-order valence-electron chi connectivity index (χ2n) is 4.15.